The van der Waals surface area contributed by atoms with Gasteiger partial charge in [0.1, 0.15) is 12.8 Å². The number of benzene rings is 1. The molecule has 1 fully saturated rings. The van der Waals surface area contributed by atoms with Crippen LogP contribution in [0.25, 0.3) is 0 Å². The Morgan fingerprint density at radius 3 is 2.55 bits per heavy atom. The molecule has 6 nitrogen and oxygen atoms in total. The van der Waals surface area contributed by atoms with Crippen molar-refractivity contribution >= 4 is 11.8 Å². The number of likely N-dealkylation sites (tertiary alicyclic amines) is 1. The number of nitrogens with zero attached hydrogens (tertiary/aromatic N) is 1. The first-order valence-electron chi connectivity index (χ1n) is 10.6. The number of carbonyl (C=O) groups excluding carboxylic acids is 2. The number of piperidine rings is 1. The van der Waals surface area contributed by atoms with E-state index in [0.717, 1.165) is 38.9 Å². The maximum absolute atomic E-state index is 12.5. The quantitative estimate of drug-likeness (QED) is 0.678. The summed E-state index contributed by atoms with van der Waals surface area (Å²) < 4.78 is 5.01. The van der Waals surface area contributed by atoms with Crippen LogP contribution < -0.4 is 10.2 Å². The van der Waals surface area contributed by atoms with Gasteiger partial charge in [0.05, 0.1) is 24.9 Å². The zero-order valence-corrected chi connectivity index (χ0v) is 17.2. The minimum absolute atomic E-state index is 0.0302. The van der Waals surface area contributed by atoms with Crippen molar-refractivity contribution in [3.05, 3.63) is 60.1 Å². The molecule has 1 aromatic carbocycles. The van der Waals surface area contributed by atoms with Crippen LogP contribution >= 0.6 is 0 Å². The molecule has 0 spiro atoms. The Hall–Kier alpha value is -2.60. The molecule has 1 aliphatic heterocycles. The number of quaternary nitrogens is 1. The normalized spacial score (nSPS) is 18.9. The molecule has 6 heteroatoms. The van der Waals surface area contributed by atoms with Gasteiger partial charge in [-0.25, -0.2) is 0 Å². The zero-order chi connectivity index (χ0) is 20.5. The molecule has 0 atom stereocenters. The lowest BCUT2D eigenvalue weighted by Crippen LogP contribution is -3.12. The van der Waals surface area contributed by atoms with Gasteiger partial charge in [-0.2, -0.15) is 0 Å². The molecule has 3 rings (SSSR count). The molecule has 0 saturated carbocycles. The lowest BCUT2D eigenvalue weighted by Gasteiger charge is -2.30. The van der Waals surface area contributed by atoms with Crippen molar-refractivity contribution in [3.8, 4) is 0 Å². The topological polar surface area (TPSA) is 67.0 Å². The van der Waals surface area contributed by atoms with Crippen LogP contribution in [0.2, 0.25) is 0 Å². The number of amides is 2. The highest BCUT2D eigenvalue weighted by Crippen LogP contribution is 2.08. The number of hydrogen-bond donors (Lipinski definition) is 2. The van der Waals surface area contributed by atoms with Crippen LogP contribution in [-0.2, 0) is 11.3 Å². The van der Waals surface area contributed by atoms with Crippen molar-refractivity contribution in [1.29, 1.82) is 0 Å². The van der Waals surface area contributed by atoms with E-state index in [1.807, 2.05) is 13.0 Å². The smallest absolute Gasteiger partial charge is 0.257 e. The van der Waals surface area contributed by atoms with Crippen LogP contribution in [-0.4, -0.2) is 48.9 Å². The Kier molecular flexibility index (Phi) is 7.87. The Balaban J connectivity index is 1.39. The first-order chi connectivity index (χ1) is 14.2. The highest BCUT2D eigenvalue weighted by Gasteiger charge is 2.24. The summed E-state index contributed by atoms with van der Waals surface area (Å²) in [5.41, 5.74) is 1.90. The van der Waals surface area contributed by atoms with Crippen LogP contribution in [0.3, 0.4) is 0 Å². The fourth-order valence-corrected chi connectivity index (χ4v) is 3.92. The maximum Gasteiger partial charge on any atom is 0.257 e. The maximum atomic E-state index is 12.5. The van der Waals surface area contributed by atoms with Crippen molar-refractivity contribution in [2.24, 2.45) is 0 Å². The van der Waals surface area contributed by atoms with E-state index in [1.54, 1.807) is 15.9 Å². The van der Waals surface area contributed by atoms with Crippen LogP contribution in [0.1, 0.15) is 48.5 Å². The van der Waals surface area contributed by atoms with Gasteiger partial charge >= 0.3 is 0 Å². The monoisotopic (exact) mass is 398 g/mol. The first-order valence-corrected chi connectivity index (χ1v) is 10.6. The van der Waals surface area contributed by atoms with Gasteiger partial charge in [-0.05, 0) is 12.5 Å². The second-order valence-electron chi connectivity index (χ2n) is 7.81. The molecule has 1 aliphatic rings. The molecule has 0 bridgehead atoms. The minimum Gasteiger partial charge on any atom is -0.472 e. The highest BCUT2D eigenvalue weighted by atomic mass is 16.3. The van der Waals surface area contributed by atoms with Gasteiger partial charge in [0.15, 0.2) is 0 Å². The Labute approximate surface area is 172 Å². The van der Waals surface area contributed by atoms with E-state index < -0.39 is 0 Å². The molecule has 0 unspecified atom stereocenters. The van der Waals surface area contributed by atoms with Crippen LogP contribution in [0.5, 0.6) is 0 Å². The van der Waals surface area contributed by atoms with E-state index in [1.165, 1.54) is 18.1 Å². The van der Waals surface area contributed by atoms with Crippen molar-refractivity contribution in [2.45, 2.75) is 45.2 Å². The molecular weight excluding hydrogens is 366 g/mol. The summed E-state index contributed by atoms with van der Waals surface area (Å²) in [4.78, 5) is 28.2. The summed E-state index contributed by atoms with van der Waals surface area (Å²) in [6.45, 7) is 6.28. The number of carbonyl (C=O) groups is 2. The summed E-state index contributed by atoms with van der Waals surface area (Å²) in [5.74, 6) is -0.0474. The number of hydrogen-bond acceptors (Lipinski definition) is 3. The summed E-state index contributed by atoms with van der Waals surface area (Å²) in [7, 11) is 0. The molecular formula is C23H32N3O3+. The van der Waals surface area contributed by atoms with Crippen LogP contribution in [0.15, 0.2) is 53.3 Å². The van der Waals surface area contributed by atoms with E-state index in [-0.39, 0.29) is 17.9 Å². The van der Waals surface area contributed by atoms with Gasteiger partial charge in [-0.3, -0.25) is 9.59 Å². The lowest BCUT2D eigenvalue weighted by molar-refractivity contribution is -0.918. The average Bonchev–Trinajstić information content (AvgIpc) is 3.28. The second-order valence-corrected chi connectivity index (χ2v) is 7.81. The summed E-state index contributed by atoms with van der Waals surface area (Å²) in [6.07, 6.45) is 6.14. The molecule has 29 heavy (non-hydrogen) atoms. The number of furan rings is 1. The lowest BCUT2D eigenvalue weighted by atomic mass is 10.0. The average molecular weight is 399 g/mol. The minimum atomic E-state index is -0.0776. The molecule has 156 valence electrons. The summed E-state index contributed by atoms with van der Waals surface area (Å²) in [5, 5.41) is 3.17. The SMILES string of the molecule is CCCN(CCC(=O)NC1CC[NH+](Cc2ccccc2)CC1)C(=O)c1ccoc1. The Morgan fingerprint density at radius 2 is 1.90 bits per heavy atom. The largest absolute Gasteiger partial charge is 0.472 e. The molecule has 2 N–H and O–H groups in total. The summed E-state index contributed by atoms with van der Waals surface area (Å²) >= 11 is 0. The Morgan fingerprint density at radius 1 is 1.14 bits per heavy atom. The fourth-order valence-electron chi connectivity index (χ4n) is 3.92. The molecule has 1 saturated heterocycles. The van der Waals surface area contributed by atoms with Crippen molar-refractivity contribution in [1.82, 2.24) is 10.2 Å². The van der Waals surface area contributed by atoms with Gasteiger partial charge in [-0.1, -0.05) is 37.3 Å². The van der Waals surface area contributed by atoms with Crippen LogP contribution in [0.4, 0.5) is 0 Å². The predicted octanol–water partition coefficient (Wildman–Crippen LogP) is 1.89. The van der Waals surface area contributed by atoms with E-state index in [9.17, 15) is 9.59 Å². The van der Waals surface area contributed by atoms with Crippen molar-refractivity contribution < 1.29 is 18.9 Å². The third-order valence-electron chi connectivity index (χ3n) is 5.51. The van der Waals surface area contributed by atoms with E-state index >= 15 is 0 Å². The van der Waals surface area contributed by atoms with E-state index in [4.69, 9.17) is 4.42 Å². The third kappa shape index (κ3) is 6.46. The molecule has 2 aromatic rings. The highest BCUT2D eigenvalue weighted by molar-refractivity contribution is 5.94. The van der Waals surface area contributed by atoms with Gasteiger partial charge < -0.3 is 19.5 Å². The van der Waals surface area contributed by atoms with Gasteiger partial charge in [0.25, 0.3) is 5.91 Å². The van der Waals surface area contributed by atoms with Gasteiger partial charge in [-0.15, -0.1) is 0 Å². The van der Waals surface area contributed by atoms with E-state index in [2.05, 4.69) is 29.6 Å². The molecule has 1 aromatic heterocycles. The third-order valence-corrected chi connectivity index (χ3v) is 5.51. The van der Waals surface area contributed by atoms with Crippen molar-refractivity contribution in [3.63, 3.8) is 0 Å². The Bertz CT molecular complexity index is 753. The standard InChI is InChI=1S/C23H31N3O3/c1-2-12-26(23(28)20-11-16-29-18-20)15-10-22(27)24-21-8-13-25(14-9-21)17-19-6-4-3-5-7-19/h3-7,11,16,18,21H,2,8-10,12-15,17H2,1H3,(H,24,27)/p+1. The van der Waals surface area contributed by atoms with Gasteiger partial charge in [0.2, 0.25) is 5.91 Å². The van der Waals surface area contributed by atoms with Crippen molar-refractivity contribution in [2.75, 3.05) is 26.2 Å². The van der Waals surface area contributed by atoms with Crippen LogP contribution in [0, 0.1) is 0 Å². The fraction of sp³-hybridized carbons (Fsp3) is 0.478. The molecule has 0 aliphatic carbocycles. The zero-order valence-electron chi connectivity index (χ0n) is 17.2. The first kappa shape index (κ1) is 21.1. The molecule has 2 heterocycles. The second kappa shape index (κ2) is 10.8. The number of rotatable bonds is 9. The molecule has 2 amide bonds. The predicted molar refractivity (Wildman–Crippen MR) is 112 cm³/mol. The van der Waals surface area contributed by atoms with Gasteiger partial charge in [0, 0.05) is 44.0 Å². The molecule has 0 radical (unpaired) electrons. The summed E-state index contributed by atoms with van der Waals surface area (Å²) in [6, 6.07) is 12.5. The van der Waals surface area contributed by atoms with E-state index in [0.29, 0.717) is 25.1 Å². The number of nitrogens with one attached hydrogen (secondary N) is 2.